The summed E-state index contributed by atoms with van der Waals surface area (Å²) in [6.45, 7) is 3.46. The fourth-order valence-electron chi connectivity index (χ4n) is 2.80. The molecule has 6 nitrogen and oxygen atoms in total. The molecule has 106 valence electrons. The van der Waals surface area contributed by atoms with Crippen molar-refractivity contribution < 1.29 is 14.3 Å². The Balaban J connectivity index is 1.51. The van der Waals surface area contributed by atoms with Gasteiger partial charge >= 0.3 is 0 Å². The van der Waals surface area contributed by atoms with Gasteiger partial charge in [-0.25, -0.2) is 0 Å². The van der Waals surface area contributed by atoms with Crippen LogP contribution in [0, 0.1) is 11.8 Å². The third-order valence-electron chi connectivity index (χ3n) is 4.27. The van der Waals surface area contributed by atoms with Crippen molar-refractivity contribution in [1.29, 1.82) is 0 Å². The van der Waals surface area contributed by atoms with Crippen LogP contribution in [0.5, 0.6) is 0 Å². The number of nitrogens with zero attached hydrogens (tertiary/aromatic N) is 2. The smallest absolute Gasteiger partial charge is 0.229 e. The first-order valence-electron chi connectivity index (χ1n) is 7.07. The second kappa shape index (κ2) is 5.09. The molecule has 0 radical (unpaired) electrons. The molecule has 3 aliphatic rings. The van der Waals surface area contributed by atoms with E-state index in [1.165, 1.54) is 0 Å². The summed E-state index contributed by atoms with van der Waals surface area (Å²) in [5.41, 5.74) is 5.87. The van der Waals surface area contributed by atoms with Crippen molar-refractivity contribution in [2.75, 3.05) is 39.4 Å². The molecule has 3 rings (SSSR count). The Morgan fingerprint density at radius 1 is 0.947 bits per heavy atom. The minimum atomic E-state index is -0.203. The third kappa shape index (κ3) is 2.60. The molecule has 0 bridgehead atoms. The molecule has 0 aromatic heterocycles. The van der Waals surface area contributed by atoms with E-state index in [4.69, 9.17) is 10.5 Å². The van der Waals surface area contributed by atoms with Gasteiger partial charge in [-0.2, -0.15) is 0 Å². The molecule has 3 fully saturated rings. The van der Waals surface area contributed by atoms with Gasteiger partial charge in [-0.3, -0.25) is 9.59 Å². The Bertz CT molecular complexity index is 375. The lowest BCUT2D eigenvalue weighted by Crippen LogP contribution is -2.54. The van der Waals surface area contributed by atoms with Crippen molar-refractivity contribution in [3.05, 3.63) is 0 Å². The molecule has 2 saturated heterocycles. The number of hydrogen-bond donors (Lipinski definition) is 1. The Morgan fingerprint density at radius 3 is 2.00 bits per heavy atom. The fraction of sp³-hybridized carbons (Fsp3) is 0.846. The van der Waals surface area contributed by atoms with Gasteiger partial charge in [0, 0.05) is 38.1 Å². The van der Waals surface area contributed by atoms with Gasteiger partial charge in [0.2, 0.25) is 11.8 Å². The summed E-state index contributed by atoms with van der Waals surface area (Å²) in [7, 11) is 0. The number of hydrogen-bond acceptors (Lipinski definition) is 4. The highest BCUT2D eigenvalue weighted by molar-refractivity contribution is 5.82. The average molecular weight is 267 g/mol. The predicted octanol–water partition coefficient (Wildman–Crippen LogP) is -0.959. The van der Waals surface area contributed by atoms with Gasteiger partial charge in [0.25, 0.3) is 0 Å². The molecular formula is C13H21N3O3. The van der Waals surface area contributed by atoms with Gasteiger partial charge in [-0.1, -0.05) is 0 Å². The lowest BCUT2D eigenvalue weighted by atomic mass is 10.0. The van der Waals surface area contributed by atoms with E-state index in [9.17, 15) is 9.59 Å². The fourth-order valence-corrected chi connectivity index (χ4v) is 2.80. The zero-order valence-corrected chi connectivity index (χ0v) is 11.1. The van der Waals surface area contributed by atoms with Gasteiger partial charge in [-0.15, -0.1) is 0 Å². The van der Waals surface area contributed by atoms with Crippen LogP contribution in [-0.4, -0.2) is 67.0 Å². The summed E-state index contributed by atoms with van der Waals surface area (Å²) in [6, 6.07) is -0.182. The molecule has 1 saturated carbocycles. The Hall–Kier alpha value is -1.14. The normalized spacial score (nSPS) is 31.6. The number of ether oxygens (including phenoxy) is 1. The van der Waals surface area contributed by atoms with Crippen LogP contribution in [0.1, 0.15) is 12.8 Å². The molecular weight excluding hydrogens is 246 g/mol. The molecule has 2 unspecified atom stereocenters. The maximum atomic E-state index is 12.3. The van der Waals surface area contributed by atoms with E-state index in [2.05, 4.69) is 0 Å². The summed E-state index contributed by atoms with van der Waals surface area (Å²) in [5.74, 6) is 0.418. The third-order valence-corrected chi connectivity index (χ3v) is 4.27. The Kier molecular flexibility index (Phi) is 3.45. The van der Waals surface area contributed by atoms with Crippen LogP contribution in [0.2, 0.25) is 0 Å². The van der Waals surface area contributed by atoms with Gasteiger partial charge in [-0.05, 0) is 12.8 Å². The van der Waals surface area contributed by atoms with E-state index in [0.29, 0.717) is 39.4 Å². The quantitative estimate of drug-likeness (QED) is 0.699. The number of amides is 2. The molecule has 1 aliphatic carbocycles. The van der Waals surface area contributed by atoms with E-state index in [-0.39, 0.29) is 29.7 Å². The molecule has 2 aliphatic heterocycles. The van der Waals surface area contributed by atoms with E-state index >= 15 is 0 Å². The largest absolute Gasteiger partial charge is 0.379 e. The molecule has 2 heterocycles. The standard InChI is InChI=1S/C13H21N3O3/c14-11-8-19-7-10(11)13(18)16-5-3-15(4-6-16)12(17)9-1-2-9/h9-11H,1-8,14H2. The highest BCUT2D eigenvalue weighted by Crippen LogP contribution is 2.31. The van der Waals surface area contributed by atoms with Crippen molar-refractivity contribution >= 4 is 11.8 Å². The molecule has 2 amide bonds. The topological polar surface area (TPSA) is 75.9 Å². The molecule has 0 aromatic carbocycles. The Morgan fingerprint density at radius 2 is 1.53 bits per heavy atom. The highest BCUT2D eigenvalue weighted by Gasteiger charge is 2.38. The second-order valence-electron chi connectivity index (χ2n) is 5.73. The van der Waals surface area contributed by atoms with Gasteiger partial charge < -0.3 is 20.3 Å². The number of piperazine rings is 1. The minimum absolute atomic E-state index is 0.0866. The molecule has 6 heteroatoms. The summed E-state index contributed by atoms with van der Waals surface area (Å²) < 4.78 is 5.24. The summed E-state index contributed by atoms with van der Waals surface area (Å²) in [4.78, 5) is 27.9. The van der Waals surface area contributed by atoms with Crippen LogP contribution in [0.25, 0.3) is 0 Å². The lowest BCUT2D eigenvalue weighted by molar-refractivity contribution is -0.142. The van der Waals surface area contributed by atoms with E-state index < -0.39 is 0 Å². The van der Waals surface area contributed by atoms with Crippen molar-refractivity contribution in [1.82, 2.24) is 9.80 Å². The molecule has 2 N–H and O–H groups in total. The van der Waals surface area contributed by atoms with Crippen molar-refractivity contribution in [2.45, 2.75) is 18.9 Å². The monoisotopic (exact) mass is 267 g/mol. The SMILES string of the molecule is NC1COCC1C(=O)N1CCN(C(=O)C2CC2)CC1. The number of carbonyl (C=O) groups excluding carboxylic acids is 2. The maximum Gasteiger partial charge on any atom is 0.229 e. The van der Waals surface area contributed by atoms with E-state index in [1.807, 2.05) is 9.80 Å². The first-order chi connectivity index (χ1) is 9.16. The van der Waals surface area contributed by atoms with Crippen LogP contribution in [-0.2, 0) is 14.3 Å². The summed E-state index contributed by atoms with van der Waals surface area (Å²) >= 11 is 0. The van der Waals surface area contributed by atoms with E-state index in [1.54, 1.807) is 0 Å². The molecule has 0 aromatic rings. The van der Waals surface area contributed by atoms with Crippen LogP contribution >= 0.6 is 0 Å². The molecule has 0 spiro atoms. The minimum Gasteiger partial charge on any atom is -0.379 e. The first-order valence-corrected chi connectivity index (χ1v) is 7.07. The molecule has 19 heavy (non-hydrogen) atoms. The van der Waals surface area contributed by atoms with Crippen LogP contribution in [0.15, 0.2) is 0 Å². The van der Waals surface area contributed by atoms with Gasteiger partial charge in [0.1, 0.15) is 0 Å². The molecule has 2 atom stereocenters. The average Bonchev–Trinajstić information content (AvgIpc) is 3.20. The zero-order chi connectivity index (χ0) is 13.4. The summed E-state index contributed by atoms with van der Waals surface area (Å²) in [5, 5.41) is 0. The van der Waals surface area contributed by atoms with Crippen LogP contribution in [0.3, 0.4) is 0 Å². The summed E-state index contributed by atoms with van der Waals surface area (Å²) in [6.07, 6.45) is 2.07. The zero-order valence-electron chi connectivity index (χ0n) is 11.1. The maximum absolute atomic E-state index is 12.3. The van der Waals surface area contributed by atoms with Gasteiger partial charge in [0.15, 0.2) is 0 Å². The van der Waals surface area contributed by atoms with E-state index in [0.717, 1.165) is 12.8 Å². The predicted molar refractivity (Wildman–Crippen MR) is 68.2 cm³/mol. The van der Waals surface area contributed by atoms with Crippen molar-refractivity contribution in [3.63, 3.8) is 0 Å². The van der Waals surface area contributed by atoms with Crippen molar-refractivity contribution in [3.8, 4) is 0 Å². The lowest BCUT2D eigenvalue weighted by Gasteiger charge is -2.36. The van der Waals surface area contributed by atoms with Crippen molar-refractivity contribution in [2.24, 2.45) is 17.6 Å². The number of carbonyl (C=O) groups is 2. The first kappa shape index (κ1) is 12.9. The highest BCUT2D eigenvalue weighted by atomic mass is 16.5. The Labute approximate surface area is 112 Å². The number of nitrogens with two attached hydrogens (primary N) is 1. The van der Waals surface area contributed by atoms with Crippen LogP contribution < -0.4 is 5.73 Å². The number of rotatable bonds is 2. The van der Waals surface area contributed by atoms with Gasteiger partial charge in [0.05, 0.1) is 19.1 Å². The second-order valence-corrected chi connectivity index (χ2v) is 5.73. The van der Waals surface area contributed by atoms with Crippen LogP contribution in [0.4, 0.5) is 0 Å².